The van der Waals surface area contributed by atoms with E-state index in [0.717, 1.165) is 22.7 Å². The van der Waals surface area contributed by atoms with Gasteiger partial charge in [0.05, 0.1) is 43.4 Å². The highest BCUT2D eigenvalue weighted by Crippen LogP contribution is 2.44. The van der Waals surface area contributed by atoms with E-state index in [1.54, 1.807) is 30.9 Å². The number of allylic oxidation sites excluding steroid dienone is 1. The maximum atomic E-state index is 13.2. The fraction of sp³-hybridized carbons (Fsp3) is 0.333. The van der Waals surface area contributed by atoms with Crippen LogP contribution in [0.3, 0.4) is 0 Å². The summed E-state index contributed by atoms with van der Waals surface area (Å²) in [5.41, 5.74) is 3.92. The molecular weight excluding hydrogens is 410 g/mol. The summed E-state index contributed by atoms with van der Waals surface area (Å²) < 4.78 is 10.7. The minimum absolute atomic E-state index is 0.0277. The second-order valence-corrected chi connectivity index (χ2v) is 8.39. The SMILES string of the molecule is CCc1ccccc1N1CSC2=C(C#N)C(c3ccc(OC)c(OC)c3)CC(=O)N2C1. The molecule has 0 aliphatic carbocycles. The lowest BCUT2D eigenvalue weighted by molar-refractivity contribution is -0.129. The zero-order valence-electron chi connectivity index (χ0n) is 17.9. The number of nitriles is 1. The van der Waals surface area contributed by atoms with Gasteiger partial charge in [-0.1, -0.05) is 43.0 Å². The van der Waals surface area contributed by atoms with Crippen molar-refractivity contribution in [3.63, 3.8) is 0 Å². The first-order valence-corrected chi connectivity index (χ1v) is 11.2. The molecule has 1 fully saturated rings. The molecule has 1 saturated heterocycles. The number of thioether (sulfide) groups is 1. The van der Waals surface area contributed by atoms with Crippen molar-refractivity contribution in [3.8, 4) is 17.6 Å². The van der Waals surface area contributed by atoms with Crippen LogP contribution in [0.5, 0.6) is 11.5 Å². The van der Waals surface area contributed by atoms with Crippen LogP contribution in [0.1, 0.15) is 30.4 Å². The number of carbonyl (C=O) groups is 1. The third kappa shape index (κ3) is 3.84. The number of rotatable bonds is 5. The lowest BCUT2D eigenvalue weighted by atomic mass is 9.86. The summed E-state index contributed by atoms with van der Waals surface area (Å²) in [5.74, 6) is 1.65. The number of amides is 1. The highest BCUT2D eigenvalue weighted by atomic mass is 32.2. The van der Waals surface area contributed by atoms with Crippen LogP contribution in [0.2, 0.25) is 0 Å². The first kappa shape index (κ1) is 21.1. The Morgan fingerprint density at radius 3 is 2.65 bits per heavy atom. The van der Waals surface area contributed by atoms with Gasteiger partial charge in [-0.15, -0.1) is 0 Å². The van der Waals surface area contributed by atoms with Gasteiger partial charge in [-0.2, -0.15) is 5.26 Å². The van der Waals surface area contributed by atoms with Gasteiger partial charge in [0, 0.05) is 18.0 Å². The quantitative estimate of drug-likeness (QED) is 0.690. The van der Waals surface area contributed by atoms with Crippen molar-refractivity contribution in [2.45, 2.75) is 25.7 Å². The maximum absolute atomic E-state index is 13.2. The van der Waals surface area contributed by atoms with Gasteiger partial charge < -0.3 is 14.4 Å². The molecule has 2 aliphatic rings. The molecule has 2 aliphatic heterocycles. The van der Waals surface area contributed by atoms with Crippen LogP contribution in [0.15, 0.2) is 53.1 Å². The van der Waals surface area contributed by atoms with Gasteiger partial charge in [0.25, 0.3) is 0 Å². The number of carbonyl (C=O) groups excluding carboxylic acids is 1. The third-order valence-corrected chi connectivity index (χ3v) is 6.97. The molecule has 0 spiro atoms. The number of benzene rings is 2. The number of anilines is 1. The minimum Gasteiger partial charge on any atom is -0.493 e. The molecule has 0 radical (unpaired) electrons. The van der Waals surface area contributed by atoms with E-state index in [2.05, 4.69) is 30.0 Å². The van der Waals surface area contributed by atoms with Crippen LogP contribution in [0.25, 0.3) is 0 Å². The molecule has 1 atom stereocenters. The number of hydrogen-bond acceptors (Lipinski definition) is 6. The Kier molecular flexibility index (Phi) is 6.10. The molecule has 2 aromatic carbocycles. The lowest BCUT2D eigenvalue weighted by Crippen LogP contribution is -2.47. The molecule has 2 aromatic rings. The number of ether oxygens (including phenoxy) is 2. The summed E-state index contributed by atoms with van der Waals surface area (Å²) in [7, 11) is 3.17. The summed E-state index contributed by atoms with van der Waals surface area (Å²) >= 11 is 1.55. The van der Waals surface area contributed by atoms with Crippen molar-refractivity contribution in [3.05, 3.63) is 64.2 Å². The van der Waals surface area contributed by atoms with Gasteiger partial charge in [0.1, 0.15) is 0 Å². The monoisotopic (exact) mass is 435 g/mol. The Hall–Kier alpha value is -3.11. The average molecular weight is 436 g/mol. The Balaban J connectivity index is 1.68. The predicted octanol–water partition coefficient (Wildman–Crippen LogP) is 4.49. The lowest BCUT2D eigenvalue weighted by Gasteiger charge is -2.42. The molecule has 6 nitrogen and oxygen atoms in total. The minimum atomic E-state index is -0.287. The van der Waals surface area contributed by atoms with E-state index in [4.69, 9.17) is 9.47 Å². The Morgan fingerprint density at radius 1 is 1.16 bits per heavy atom. The molecule has 0 saturated carbocycles. The van der Waals surface area contributed by atoms with E-state index in [0.29, 0.717) is 29.6 Å². The van der Waals surface area contributed by atoms with E-state index in [9.17, 15) is 10.1 Å². The van der Waals surface area contributed by atoms with Crippen LogP contribution < -0.4 is 14.4 Å². The smallest absolute Gasteiger partial charge is 0.229 e. The summed E-state index contributed by atoms with van der Waals surface area (Å²) in [6.45, 7) is 2.59. The molecule has 160 valence electrons. The summed E-state index contributed by atoms with van der Waals surface area (Å²) in [5, 5.41) is 10.8. The van der Waals surface area contributed by atoms with Crippen LogP contribution in [-0.4, -0.2) is 37.6 Å². The molecule has 0 N–H and O–H groups in total. The predicted molar refractivity (Wildman–Crippen MR) is 122 cm³/mol. The average Bonchev–Trinajstić information content (AvgIpc) is 2.83. The van der Waals surface area contributed by atoms with Crippen LogP contribution >= 0.6 is 11.8 Å². The Labute approximate surface area is 187 Å². The van der Waals surface area contributed by atoms with Crippen LogP contribution in [0, 0.1) is 11.3 Å². The largest absolute Gasteiger partial charge is 0.493 e. The van der Waals surface area contributed by atoms with Crippen LogP contribution in [0.4, 0.5) is 5.69 Å². The van der Waals surface area contributed by atoms with E-state index in [-0.39, 0.29) is 18.2 Å². The summed E-state index contributed by atoms with van der Waals surface area (Å²) in [6.07, 6.45) is 1.19. The van der Waals surface area contributed by atoms with Gasteiger partial charge in [-0.3, -0.25) is 9.69 Å². The Morgan fingerprint density at radius 2 is 1.94 bits per heavy atom. The molecule has 2 heterocycles. The highest BCUT2D eigenvalue weighted by molar-refractivity contribution is 8.03. The Bertz CT molecular complexity index is 1080. The van der Waals surface area contributed by atoms with Crippen molar-refractivity contribution in [2.75, 3.05) is 31.7 Å². The summed E-state index contributed by atoms with van der Waals surface area (Å²) in [6, 6.07) is 16.3. The number of hydrogen-bond donors (Lipinski definition) is 0. The zero-order valence-corrected chi connectivity index (χ0v) is 18.7. The molecule has 1 unspecified atom stereocenters. The van der Waals surface area contributed by atoms with Gasteiger partial charge in [0.2, 0.25) is 5.91 Å². The first-order valence-electron chi connectivity index (χ1n) is 10.2. The number of nitrogens with zero attached hydrogens (tertiary/aromatic N) is 3. The molecule has 31 heavy (non-hydrogen) atoms. The standard InChI is InChI=1S/C24H25N3O3S/c1-4-16-7-5-6-8-20(16)26-14-27-23(28)12-18(19(13-25)24(27)31-15-26)17-9-10-21(29-2)22(11-17)30-3/h5-11,18H,4,12,14-15H2,1-3H3. The molecule has 0 bridgehead atoms. The van der Waals surface area contributed by atoms with E-state index in [1.807, 2.05) is 30.3 Å². The van der Waals surface area contributed by atoms with Gasteiger partial charge in [0.15, 0.2) is 11.5 Å². The molecule has 4 rings (SSSR count). The van der Waals surface area contributed by atoms with E-state index >= 15 is 0 Å². The normalized spacial score (nSPS) is 18.5. The van der Waals surface area contributed by atoms with E-state index < -0.39 is 0 Å². The van der Waals surface area contributed by atoms with Crippen molar-refractivity contribution in [1.82, 2.24) is 4.90 Å². The van der Waals surface area contributed by atoms with Gasteiger partial charge >= 0.3 is 0 Å². The second-order valence-electron chi connectivity index (χ2n) is 7.46. The number of aryl methyl sites for hydroxylation is 1. The van der Waals surface area contributed by atoms with Crippen molar-refractivity contribution in [1.29, 1.82) is 5.26 Å². The number of methoxy groups -OCH3 is 2. The number of fused-ring (bicyclic) bond motifs is 1. The van der Waals surface area contributed by atoms with Crippen molar-refractivity contribution >= 4 is 23.4 Å². The fourth-order valence-corrected chi connectivity index (χ4v) is 5.35. The fourth-order valence-electron chi connectivity index (χ4n) is 4.19. The topological polar surface area (TPSA) is 65.8 Å². The molecular formula is C24H25N3O3S. The van der Waals surface area contributed by atoms with Crippen molar-refractivity contribution < 1.29 is 14.3 Å². The van der Waals surface area contributed by atoms with Crippen molar-refractivity contribution in [2.24, 2.45) is 0 Å². The summed E-state index contributed by atoms with van der Waals surface area (Å²) in [4.78, 5) is 17.1. The third-order valence-electron chi connectivity index (χ3n) is 5.82. The van der Waals surface area contributed by atoms with E-state index in [1.165, 1.54) is 5.56 Å². The van der Waals surface area contributed by atoms with Gasteiger partial charge in [-0.05, 0) is 35.7 Å². The van der Waals surface area contributed by atoms with Gasteiger partial charge in [-0.25, -0.2) is 0 Å². The first-order chi connectivity index (χ1) is 15.1. The maximum Gasteiger partial charge on any atom is 0.229 e. The second kappa shape index (κ2) is 8.94. The van der Waals surface area contributed by atoms with Crippen LogP contribution in [-0.2, 0) is 11.2 Å². The number of para-hydroxylation sites is 1. The molecule has 1 amide bonds. The molecule has 0 aromatic heterocycles. The molecule has 7 heteroatoms. The highest BCUT2D eigenvalue weighted by Gasteiger charge is 2.38. The zero-order chi connectivity index (χ0) is 22.0.